The quantitative estimate of drug-likeness (QED) is 0.291. The first-order valence-corrected chi connectivity index (χ1v) is 5.05. The van der Waals surface area contributed by atoms with Crippen molar-refractivity contribution in [2.75, 3.05) is 25.7 Å². The Kier molecular flexibility index (Phi) is 4.14. The number of nitrogens with zero attached hydrogens (tertiary/aromatic N) is 1. The zero-order valence-corrected chi connectivity index (χ0v) is 8.29. The van der Waals surface area contributed by atoms with E-state index in [-0.39, 0.29) is 6.54 Å². The lowest BCUT2D eigenvalue weighted by Gasteiger charge is -2.44. The van der Waals surface area contributed by atoms with Gasteiger partial charge in [-0.2, -0.15) is 0 Å². The minimum absolute atomic E-state index is 0.258. The minimum atomic E-state index is -0.918. The molecule has 1 aliphatic heterocycles. The van der Waals surface area contributed by atoms with Crippen LogP contribution in [0.2, 0.25) is 0 Å². The highest BCUT2D eigenvalue weighted by atomic mass is 32.2. The molecule has 0 amide bonds. The number of hydrogen-bond donors (Lipinski definition) is 0. The molecule has 6 heteroatoms. The predicted molar refractivity (Wildman–Crippen MR) is 48.4 cm³/mol. The fourth-order valence-electron chi connectivity index (χ4n) is 1.06. The second kappa shape index (κ2) is 4.92. The molecule has 76 valence electrons. The van der Waals surface area contributed by atoms with Crippen LogP contribution in [0, 0.1) is 5.21 Å². The first kappa shape index (κ1) is 10.9. The lowest BCUT2D eigenvalue weighted by Crippen LogP contribution is -2.51. The summed E-state index contributed by atoms with van der Waals surface area (Å²) in [5.74, 6) is 0.320. The predicted octanol–water partition coefficient (Wildman–Crippen LogP) is 0.498. The minimum Gasteiger partial charge on any atom is -0.618 e. The van der Waals surface area contributed by atoms with Crippen molar-refractivity contribution in [1.29, 1.82) is 0 Å². The van der Waals surface area contributed by atoms with Gasteiger partial charge in [-0.3, -0.25) is 8.85 Å². The first-order chi connectivity index (χ1) is 6.23. The van der Waals surface area contributed by atoms with Crippen molar-refractivity contribution < 1.29 is 18.3 Å². The lowest BCUT2D eigenvalue weighted by molar-refractivity contribution is -0.792. The number of hydroxylamine groups is 2. The van der Waals surface area contributed by atoms with Gasteiger partial charge in [0.2, 0.25) is 6.29 Å². The summed E-state index contributed by atoms with van der Waals surface area (Å²) in [4.78, 5) is 10.6. The highest BCUT2D eigenvalue weighted by Crippen LogP contribution is 2.28. The zero-order valence-electron chi connectivity index (χ0n) is 7.47. The van der Waals surface area contributed by atoms with Crippen LogP contribution in [-0.4, -0.2) is 42.3 Å². The molecule has 0 bridgehead atoms. The Labute approximate surface area is 81.3 Å². The van der Waals surface area contributed by atoms with E-state index >= 15 is 0 Å². The average Bonchev–Trinajstić information content (AvgIpc) is 2.15. The van der Waals surface area contributed by atoms with E-state index in [0.717, 1.165) is 11.9 Å². The average molecular weight is 207 g/mol. The first-order valence-electron chi connectivity index (χ1n) is 4.11. The van der Waals surface area contributed by atoms with Crippen molar-refractivity contribution in [3.63, 3.8) is 0 Å². The van der Waals surface area contributed by atoms with Crippen molar-refractivity contribution in [2.45, 2.75) is 13.2 Å². The fourth-order valence-corrected chi connectivity index (χ4v) is 1.89. The molecule has 1 saturated heterocycles. The zero-order chi connectivity index (χ0) is 9.73. The SMILES string of the molecule is CCOC(C=O)[N+]1([O-])CCOCS1. The molecule has 0 aromatic rings. The Hall–Kier alpha value is -0.140. The number of ether oxygens (including phenoxy) is 2. The normalized spacial score (nSPS) is 31.2. The summed E-state index contributed by atoms with van der Waals surface area (Å²) >= 11 is 1.04. The highest BCUT2D eigenvalue weighted by Gasteiger charge is 2.33. The maximum absolute atomic E-state index is 11.9. The number of hydrogen-bond acceptors (Lipinski definition) is 5. The van der Waals surface area contributed by atoms with Gasteiger partial charge in [-0.15, -0.1) is 0 Å². The van der Waals surface area contributed by atoms with Gasteiger partial charge in [0.25, 0.3) is 6.23 Å². The number of aldehydes is 1. The molecular formula is C7H13NO4S. The van der Waals surface area contributed by atoms with Crippen molar-refractivity contribution in [3.05, 3.63) is 5.21 Å². The summed E-state index contributed by atoms with van der Waals surface area (Å²) in [7, 11) is 0. The van der Waals surface area contributed by atoms with Gasteiger partial charge in [-0.25, -0.2) is 0 Å². The van der Waals surface area contributed by atoms with Crippen LogP contribution in [-0.2, 0) is 14.3 Å². The molecule has 2 atom stereocenters. The Balaban J connectivity index is 2.57. The van der Waals surface area contributed by atoms with E-state index in [1.165, 1.54) is 0 Å². The summed E-state index contributed by atoms with van der Waals surface area (Å²) in [5.41, 5.74) is 0. The summed E-state index contributed by atoms with van der Waals surface area (Å²) in [5, 5.41) is 11.9. The topological polar surface area (TPSA) is 58.6 Å². The van der Waals surface area contributed by atoms with Gasteiger partial charge in [-0.05, 0) is 6.92 Å². The van der Waals surface area contributed by atoms with Crippen LogP contribution in [0.1, 0.15) is 6.92 Å². The molecule has 1 aliphatic rings. The van der Waals surface area contributed by atoms with Crippen LogP contribution in [0.5, 0.6) is 0 Å². The Morgan fingerprint density at radius 1 is 1.85 bits per heavy atom. The molecule has 0 N–H and O–H groups in total. The van der Waals surface area contributed by atoms with Gasteiger partial charge in [0, 0.05) is 0 Å². The van der Waals surface area contributed by atoms with Gasteiger partial charge in [-0.1, -0.05) is 0 Å². The standard InChI is InChI=1S/C7H13NO4S/c1-2-12-7(5-9)8(10)3-4-11-6-13-8/h5,7H,2-4,6H2,1H3. The highest BCUT2D eigenvalue weighted by molar-refractivity contribution is 7.93. The summed E-state index contributed by atoms with van der Waals surface area (Å²) in [6, 6.07) is 0. The van der Waals surface area contributed by atoms with Crippen LogP contribution in [0.25, 0.3) is 0 Å². The Bertz CT molecular complexity index is 172. The van der Waals surface area contributed by atoms with Gasteiger partial charge in [0.05, 0.1) is 13.2 Å². The molecule has 2 unspecified atom stereocenters. The van der Waals surface area contributed by atoms with E-state index in [2.05, 4.69) is 0 Å². The maximum atomic E-state index is 11.9. The lowest BCUT2D eigenvalue weighted by atomic mass is 10.5. The van der Waals surface area contributed by atoms with Gasteiger partial charge in [0.15, 0.2) is 0 Å². The largest absolute Gasteiger partial charge is 0.618 e. The third kappa shape index (κ3) is 2.65. The molecule has 0 aromatic heterocycles. The second-order valence-electron chi connectivity index (χ2n) is 2.59. The number of carbonyl (C=O) groups excluding carboxylic acids is 1. The maximum Gasteiger partial charge on any atom is 0.261 e. The van der Waals surface area contributed by atoms with E-state index in [0.29, 0.717) is 25.4 Å². The van der Waals surface area contributed by atoms with Crippen LogP contribution >= 0.6 is 11.9 Å². The molecule has 0 aromatic carbocycles. The van der Waals surface area contributed by atoms with Crippen LogP contribution in [0.3, 0.4) is 0 Å². The molecule has 1 heterocycles. The van der Waals surface area contributed by atoms with Crippen molar-refractivity contribution in [2.24, 2.45) is 0 Å². The molecule has 13 heavy (non-hydrogen) atoms. The summed E-state index contributed by atoms with van der Waals surface area (Å²) in [6.45, 7) is 2.77. The third-order valence-electron chi connectivity index (χ3n) is 1.74. The van der Waals surface area contributed by atoms with Crippen molar-refractivity contribution in [3.8, 4) is 0 Å². The molecule has 0 aliphatic carbocycles. The van der Waals surface area contributed by atoms with E-state index in [4.69, 9.17) is 9.47 Å². The van der Waals surface area contributed by atoms with Gasteiger partial charge < -0.3 is 14.7 Å². The van der Waals surface area contributed by atoms with Crippen LogP contribution < -0.4 is 0 Å². The molecular weight excluding hydrogens is 194 g/mol. The van der Waals surface area contributed by atoms with E-state index in [1.54, 1.807) is 6.92 Å². The van der Waals surface area contributed by atoms with E-state index in [1.807, 2.05) is 0 Å². The molecule has 0 radical (unpaired) electrons. The molecule has 0 spiro atoms. The van der Waals surface area contributed by atoms with Crippen LogP contribution in [0.15, 0.2) is 0 Å². The molecule has 1 rings (SSSR count). The monoisotopic (exact) mass is 207 g/mol. The van der Waals surface area contributed by atoms with Gasteiger partial charge >= 0.3 is 0 Å². The number of carbonyl (C=O) groups is 1. The summed E-state index contributed by atoms with van der Waals surface area (Å²) < 4.78 is 9.38. The smallest absolute Gasteiger partial charge is 0.261 e. The third-order valence-corrected chi connectivity index (χ3v) is 2.84. The van der Waals surface area contributed by atoms with E-state index in [9.17, 15) is 10.0 Å². The number of rotatable bonds is 4. The van der Waals surface area contributed by atoms with Gasteiger partial charge in [0.1, 0.15) is 24.4 Å². The molecule has 1 fully saturated rings. The fraction of sp³-hybridized carbons (Fsp3) is 0.857. The van der Waals surface area contributed by atoms with Crippen molar-refractivity contribution >= 4 is 18.2 Å². The van der Waals surface area contributed by atoms with Crippen LogP contribution in [0.4, 0.5) is 0 Å². The van der Waals surface area contributed by atoms with Crippen molar-refractivity contribution in [1.82, 2.24) is 0 Å². The van der Waals surface area contributed by atoms with E-state index < -0.39 is 10.3 Å². The molecule has 0 saturated carbocycles. The number of quaternary nitrogens is 1. The second-order valence-corrected chi connectivity index (χ2v) is 3.70. The summed E-state index contributed by atoms with van der Waals surface area (Å²) in [6.07, 6.45) is -0.353. The Morgan fingerprint density at radius 3 is 3.08 bits per heavy atom. The Morgan fingerprint density at radius 2 is 2.62 bits per heavy atom. The molecule has 5 nitrogen and oxygen atoms in total.